The van der Waals surface area contributed by atoms with Crippen LogP contribution in [0.4, 0.5) is 4.79 Å². The van der Waals surface area contributed by atoms with Gasteiger partial charge in [0, 0.05) is 6.08 Å². The summed E-state index contributed by atoms with van der Waals surface area (Å²) in [6.45, 7) is 2.23. The first-order valence-electron chi connectivity index (χ1n) is 7.92. The van der Waals surface area contributed by atoms with Crippen molar-refractivity contribution in [1.29, 1.82) is 0 Å². The minimum absolute atomic E-state index is 0.234. The highest BCUT2D eigenvalue weighted by Crippen LogP contribution is 2.18. The van der Waals surface area contributed by atoms with Gasteiger partial charge in [0.05, 0.1) is 6.04 Å². The predicted molar refractivity (Wildman–Crippen MR) is 92.3 cm³/mol. The summed E-state index contributed by atoms with van der Waals surface area (Å²) in [6, 6.07) is 17.3. The Morgan fingerprint density at radius 1 is 1.21 bits per heavy atom. The third kappa shape index (κ3) is 3.71. The number of hydrogen-bond donors (Lipinski definition) is 0. The van der Waals surface area contributed by atoms with Gasteiger partial charge in [0.2, 0.25) is 0 Å². The molecule has 0 saturated carbocycles. The molecule has 0 N–H and O–H groups in total. The molecule has 3 rings (SSSR count). The highest BCUT2D eigenvalue weighted by atomic mass is 16.6. The largest absolute Gasteiger partial charge is 0.447 e. The molecule has 4 nitrogen and oxygen atoms in total. The van der Waals surface area contributed by atoms with Crippen molar-refractivity contribution in [1.82, 2.24) is 4.90 Å². The van der Waals surface area contributed by atoms with Gasteiger partial charge in [-0.25, -0.2) is 9.69 Å². The molecule has 0 aliphatic carbocycles. The van der Waals surface area contributed by atoms with Crippen molar-refractivity contribution in [3.8, 4) is 0 Å². The molecule has 1 atom stereocenters. The van der Waals surface area contributed by atoms with E-state index in [1.54, 1.807) is 6.08 Å². The van der Waals surface area contributed by atoms with Crippen molar-refractivity contribution in [3.05, 3.63) is 77.4 Å². The molecule has 0 radical (unpaired) electrons. The monoisotopic (exact) mass is 321 g/mol. The second-order valence-corrected chi connectivity index (χ2v) is 5.88. The number of rotatable bonds is 4. The number of benzene rings is 2. The molecule has 1 heterocycles. The van der Waals surface area contributed by atoms with Gasteiger partial charge in [-0.1, -0.05) is 60.2 Å². The Morgan fingerprint density at radius 3 is 2.75 bits per heavy atom. The average molecular weight is 321 g/mol. The molecule has 2 amide bonds. The summed E-state index contributed by atoms with van der Waals surface area (Å²) in [6.07, 6.45) is 3.17. The lowest BCUT2D eigenvalue weighted by Crippen LogP contribution is -2.39. The number of cyclic esters (lactones) is 1. The highest BCUT2D eigenvalue weighted by Gasteiger charge is 2.36. The van der Waals surface area contributed by atoms with Crippen LogP contribution in [0, 0.1) is 6.92 Å². The zero-order valence-corrected chi connectivity index (χ0v) is 13.5. The number of carbonyl (C=O) groups is 2. The fourth-order valence-electron chi connectivity index (χ4n) is 2.79. The van der Waals surface area contributed by atoms with Crippen LogP contribution in [0.25, 0.3) is 6.08 Å². The number of aryl methyl sites for hydroxylation is 1. The molecule has 1 fully saturated rings. The fourth-order valence-corrected chi connectivity index (χ4v) is 2.79. The summed E-state index contributed by atoms with van der Waals surface area (Å²) < 4.78 is 5.07. The van der Waals surface area contributed by atoms with E-state index in [0.29, 0.717) is 6.42 Å². The molecule has 24 heavy (non-hydrogen) atoms. The normalized spacial score (nSPS) is 17.3. The van der Waals surface area contributed by atoms with Crippen LogP contribution >= 0.6 is 0 Å². The summed E-state index contributed by atoms with van der Waals surface area (Å²) in [4.78, 5) is 25.6. The van der Waals surface area contributed by atoms with E-state index in [4.69, 9.17) is 4.74 Å². The topological polar surface area (TPSA) is 46.6 Å². The lowest BCUT2D eigenvalue weighted by Gasteiger charge is -2.18. The first-order chi connectivity index (χ1) is 11.6. The molecule has 0 spiro atoms. The van der Waals surface area contributed by atoms with E-state index >= 15 is 0 Å². The summed E-state index contributed by atoms with van der Waals surface area (Å²) in [5, 5.41) is 0. The van der Waals surface area contributed by atoms with Gasteiger partial charge in [0.25, 0.3) is 5.91 Å². The van der Waals surface area contributed by atoms with Gasteiger partial charge in [-0.05, 0) is 30.5 Å². The maximum absolute atomic E-state index is 12.5. The smallest absolute Gasteiger partial charge is 0.417 e. The zero-order chi connectivity index (χ0) is 16.9. The van der Waals surface area contributed by atoms with Crippen LogP contribution in [0.2, 0.25) is 0 Å². The maximum Gasteiger partial charge on any atom is 0.417 e. The molecule has 122 valence electrons. The molecular formula is C20H19NO3. The lowest BCUT2D eigenvalue weighted by molar-refractivity contribution is -0.124. The molecule has 2 aromatic rings. The second kappa shape index (κ2) is 7.13. The minimum Gasteiger partial charge on any atom is -0.447 e. The third-order valence-corrected chi connectivity index (χ3v) is 3.97. The molecule has 1 aliphatic rings. The molecular weight excluding hydrogens is 302 g/mol. The number of nitrogens with zero attached hydrogens (tertiary/aromatic N) is 1. The summed E-state index contributed by atoms with van der Waals surface area (Å²) in [5.41, 5.74) is 3.11. The van der Waals surface area contributed by atoms with E-state index in [-0.39, 0.29) is 18.6 Å². The zero-order valence-electron chi connectivity index (χ0n) is 13.5. The van der Waals surface area contributed by atoms with Crippen LogP contribution in [-0.4, -0.2) is 29.5 Å². The van der Waals surface area contributed by atoms with E-state index in [2.05, 4.69) is 0 Å². The van der Waals surface area contributed by atoms with Crippen molar-refractivity contribution in [2.24, 2.45) is 0 Å². The maximum atomic E-state index is 12.5. The van der Waals surface area contributed by atoms with E-state index in [1.807, 2.05) is 61.5 Å². The first-order valence-corrected chi connectivity index (χ1v) is 7.92. The van der Waals surface area contributed by atoms with Crippen LogP contribution < -0.4 is 0 Å². The fraction of sp³-hybridized carbons (Fsp3) is 0.200. The van der Waals surface area contributed by atoms with Crippen LogP contribution in [0.5, 0.6) is 0 Å². The Morgan fingerprint density at radius 2 is 2.00 bits per heavy atom. The molecule has 4 heteroatoms. The van der Waals surface area contributed by atoms with Crippen LogP contribution in [-0.2, 0) is 16.0 Å². The van der Waals surface area contributed by atoms with Crippen molar-refractivity contribution in [3.63, 3.8) is 0 Å². The molecule has 1 aliphatic heterocycles. The van der Waals surface area contributed by atoms with Crippen molar-refractivity contribution >= 4 is 18.1 Å². The molecule has 2 aromatic carbocycles. The van der Waals surface area contributed by atoms with Crippen LogP contribution in [0.1, 0.15) is 16.7 Å². The van der Waals surface area contributed by atoms with E-state index in [0.717, 1.165) is 16.7 Å². The van der Waals surface area contributed by atoms with Gasteiger partial charge < -0.3 is 4.74 Å². The Labute approximate surface area is 141 Å². The van der Waals surface area contributed by atoms with Crippen molar-refractivity contribution in [2.45, 2.75) is 19.4 Å². The van der Waals surface area contributed by atoms with Crippen molar-refractivity contribution < 1.29 is 14.3 Å². The number of hydrogen-bond acceptors (Lipinski definition) is 3. The number of ether oxygens (including phenoxy) is 1. The van der Waals surface area contributed by atoms with Gasteiger partial charge in [-0.2, -0.15) is 0 Å². The SMILES string of the molecule is Cc1cccc(/C=C/C(=O)N2C(=O)OCC2Cc2ccccc2)c1. The second-order valence-electron chi connectivity index (χ2n) is 5.88. The van der Waals surface area contributed by atoms with Gasteiger partial charge in [-0.15, -0.1) is 0 Å². The highest BCUT2D eigenvalue weighted by molar-refractivity contribution is 6.02. The van der Waals surface area contributed by atoms with Gasteiger partial charge in [0.1, 0.15) is 6.61 Å². The van der Waals surface area contributed by atoms with Gasteiger partial charge in [0.15, 0.2) is 0 Å². The van der Waals surface area contributed by atoms with Crippen molar-refractivity contribution in [2.75, 3.05) is 6.61 Å². The Kier molecular flexibility index (Phi) is 4.75. The first kappa shape index (κ1) is 16.0. The quantitative estimate of drug-likeness (QED) is 0.808. The molecule has 1 saturated heterocycles. The Hall–Kier alpha value is -2.88. The molecule has 0 aromatic heterocycles. The standard InChI is InChI=1S/C20H19NO3/c1-15-6-5-9-17(12-15)10-11-19(22)21-18(14-24-20(21)23)13-16-7-3-2-4-8-16/h2-12,18H,13-14H2,1H3/b11-10+. The summed E-state index contributed by atoms with van der Waals surface area (Å²) in [5.74, 6) is -0.347. The number of amides is 2. The van der Waals surface area contributed by atoms with Crippen LogP contribution in [0.15, 0.2) is 60.7 Å². The predicted octanol–water partition coefficient (Wildman–Crippen LogP) is 3.60. The van der Waals surface area contributed by atoms with E-state index in [1.165, 1.54) is 11.0 Å². The van der Waals surface area contributed by atoms with Gasteiger partial charge >= 0.3 is 6.09 Å². The lowest BCUT2D eigenvalue weighted by atomic mass is 10.1. The Bertz CT molecular complexity index is 767. The van der Waals surface area contributed by atoms with E-state index in [9.17, 15) is 9.59 Å². The summed E-state index contributed by atoms with van der Waals surface area (Å²) >= 11 is 0. The third-order valence-electron chi connectivity index (χ3n) is 3.97. The minimum atomic E-state index is -0.574. The van der Waals surface area contributed by atoms with Crippen LogP contribution in [0.3, 0.4) is 0 Å². The Balaban J connectivity index is 1.72. The average Bonchev–Trinajstić information content (AvgIpc) is 2.94. The molecule has 0 bridgehead atoms. The summed E-state index contributed by atoms with van der Waals surface area (Å²) in [7, 11) is 0. The number of carbonyl (C=O) groups excluding carboxylic acids is 2. The van der Waals surface area contributed by atoms with Gasteiger partial charge in [-0.3, -0.25) is 4.79 Å². The number of imide groups is 1. The molecule has 1 unspecified atom stereocenters. The van der Waals surface area contributed by atoms with E-state index < -0.39 is 6.09 Å².